The van der Waals surface area contributed by atoms with Gasteiger partial charge in [-0.15, -0.1) is 0 Å². The van der Waals surface area contributed by atoms with Gasteiger partial charge in [0.2, 0.25) is 5.91 Å². The highest BCUT2D eigenvalue weighted by Crippen LogP contribution is 2.45. The second-order valence-corrected chi connectivity index (χ2v) is 10.9. The van der Waals surface area contributed by atoms with Crippen molar-refractivity contribution >= 4 is 11.9 Å². The van der Waals surface area contributed by atoms with E-state index in [9.17, 15) is 19.8 Å². The molecule has 0 aromatic carbocycles. The van der Waals surface area contributed by atoms with Gasteiger partial charge in [-0.1, -0.05) is 52.3 Å². The summed E-state index contributed by atoms with van der Waals surface area (Å²) in [7, 11) is 0. The first-order valence-electron chi connectivity index (χ1n) is 15.0. The maximum atomic E-state index is 13.2. The molecule has 0 aliphatic heterocycles. The summed E-state index contributed by atoms with van der Waals surface area (Å²) in [6.07, 6.45) is 8.12. The van der Waals surface area contributed by atoms with Crippen LogP contribution in [-0.4, -0.2) is 46.9 Å². The Bertz CT molecular complexity index is 858. The van der Waals surface area contributed by atoms with E-state index in [2.05, 4.69) is 37.4 Å². The first-order valence-corrected chi connectivity index (χ1v) is 13.5. The Morgan fingerprint density at radius 1 is 1.29 bits per heavy atom. The van der Waals surface area contributed by atoms with Gasteiger partial charge in [0.25, 0.3) is 0 Å². The van der Waals surface area contributed by atoms with Crippen LogP contribution in [0.25, 0.3) is 0 Å². The molecule has 3 N–H and O–H groups in total. The average molecular weight is 495 g/mol. The Morgan fingerprint density at radius 3 is 2.69 bits per heavy atom. The minimum absolute atomic E-state index is 0.0333. The predicted octanol–water partition coefficient (Wildman–Crippen LogP) is 4.94. The molecule has 0 radical (unpaired) electrons. The molecule has 0 bridgehead atoms. The van der Waals surface area contributed by atoms with Gasteiger partial charge < -0.3 is 20.3 Å². The molecule has 0 unspecified atom stereocenters. The Kier molecular flexibility index (Phi) is 9.71. The fourth-order valence-electron chi connectivity index (χ4n) is 5.22. The van der Waals surface area contributed by atoms with Crippen LogP contribution >= 0.6 is 0 Å². The Hall–Kier alpha value is -1.66. The SMILES string of the molecule is [2H]C([2H])([2H])[C@@](C)(CC)C(=O)O[C@H]1C[C@@H](C)C=C2C=C[C@H](C)[C@H](CC[C@@H](O)C[C@@H](O)CC(=O)NCCCC)[C@H]21. The van der Waals surface area contributed by atoms with E-state index in [0.29, 0.717) is 25.8 Å². The zero-order valence-electron chi connectivity index (χ0n) is 25.3. The van der Waals surface area contributed by atoms with Gasteiger partial charge in [-0.05, 0) is 75.6 Å². The van der Waals surface area contributed by atoms with E-state index in [1.54, 1.807) is 6.92 Å². The molecule has 0 saturated heterocycles. The standard InChI is InChI=1S/C29H49NO5/c1-7-9-14-30-26(33)18-23(32)17-22(31)12-13-24-20(4)10-11-21-15-19(3)16-25(27(21)24)35-28(34)29(5,6)8-2/h10-11,15,19-20,22-25,27,31-32H,7-9,12-14,16-18H2,1-6H3,(H,30,33)/t19-,20-,22+,23+,24-,25-,27-/m0/s1/i5D3/t19-,20-,22+,23+,24-,25-,27-,29+. The number of rotatable bonds is 13. The highest BCUT2D eigenvalue weighted by molar-refractivity contribution is 5.76. The molecule has 0 heterocycles. The normalized spacial score (nSPS) is 31.0. The number of carbonyl (C=O) groups is 2. The molecule has 2 rings (SSSR count). The van der Waals surface area contributed by atoms with Gasteiger partial charge in [0.1, 0.15) is 6.10 Å². The first-order chi connectivity index (χ1) is 17.7. The lowest BCUT2D eigenvalue weighted by Gasteiger charge is -2.44. The van der Waals surface area contributed by atoms with Crippen molar-refractivity contribution in [3.63, 3.8) is 0 Å². The molecule has 2 aliphatic rings. The second kappa shape index (κ2) is 13.6. The number of hydrogen-bond donors (Lipinski definition) is 3. The topological polar surface area (TPSA) is 95.9 Å². The number of nitrogens with one attached hydrogen (secondary N) is 1. The fraction of sp³-hybridized carbons (Fsp3) is 0.793. The van der Waals surface area contributed by atoms with Crippen LogP contribution in [-0.2, 0) is 14.3 Å². The summed E-state index contributed by atoms with van der Waals surface area (Å²) in [4.78, 5) is 25.2. The molecule has 6 nitrogen and oxygen atoms in total. The van der Waals surface area contributed by atoms with Crippen LogP contribution in [0.1, 0.15) is 96.9 Å². The molecule has 200 valence electrons. The third-order valence-electron chi connectivity index (χ3n) is 7.66. The van der Waals surface area contributed by atoms with Gasteiger partial charge in [-0.2, -0.15) is 0 Å². The summed E-state index contributed by atoms with van der Waals surface area (Å²) in [5.41, 5.74) is -0.478. The van der Waals surface area contributed by atoms with E-state index in [4.69, 9.17) is 8.85 Å². The lowest BCUT2D eigenvalue weighted by atomic mass is 9.65. The number of unbranched alkanes of at least 4 members (excludes halogenated alkanes) is 1. The van der Waals surface area contributed by atoms with Crippen molar-refractivity contribution in [1.82, 2.24) is 5.32 Å². The van der Waals surface area contributed by atoms with Crippen LogP contribution in [0.2, 0.25) is 0 Å². The van der Waals surface area contributed by atoms with Crippen LogP contribution in [0, 0.1) is 29.1 Å². The number of allylic oxidation sites excluding steroid dienone is 3. The molecule has 0 fully saturated rings. The first kappa shape index (κ1) is 25.0. The molecule has 2 aliphatic carbocycles. The molecule has 0 saturated carbocycles. The zero-order valence-corrected chi connectivity index (χ0v) is 22.3. The van der Waals surface area contributed by atoms with Gasteiger partial charge in [-0.25, -0.2) is 0 Å². The summed E-state index contributed by atoms with van der Waals surface area (Å²) < 4.78 is 29.8. The number of aliphatic hydroxyl groups is 2. The second-order valence-electron chi connectivity index (χ2n) is 10.9. The number of amides is 1. The smallest absolute Gasteiger partial charge is 0.311 e. The molecule has 35 heavy (non-hydrogen) atoms. The molecule has 0 aromatic heterocycles. The number of esters is 1. The van der Waals surface area contributed by atoms with Crippen molar-refractivity contribution in [3.05, 3.63) is 23.8 Å². The van der Waals surface area contributed by atoms with Crippen molar-refractivity contribution < 1.29 is 28.7 Å². The third kappa shape index (κ3) is 8.75. The number of fused-ring (bicyclic) bond motifs is 1. The largest absolute Gasteiger partial charge is 0.461 e. The lowest BCUT2D eigenvalue weighted by molar-refractivity contribution is -0.164. The quantitative estimate of drug-likeness (QED) is 0.249. The lowest BCUT2D eigenvalue weighted by Crippen LogP contribution is -2.43. The average Bonchev–Trinajstić information content (AvgIpc) is 2.82. The maximum Gasteiger partial charge on any atom is 0.311 e. The minimum Gasteiger partial charge on any atom is -0.461 e. The number of hydrogen-bond acceptors (Lipinski definition) is 5. The Labute approximate surface area is 216 Å². The number of ether oxygens (including phenoxy) is 1. The van der Waals surface area contributed by atoms with E-state index in [0.717, 1.165) is 18.4 Å². The molecular weight excluding hydrogens is 442 g/mol. The van der Waals surface area contributed by atoms with E-state index in [1.165, 1.54) is 6.92 Å². The van der Waals surface area contributed by atoms with Gasteiger partial charge in [0, 0.05) is 16.6 Å². The van der Waals surface area contributed by atoms with E-state index >= 15 is 0 Å². The van der Waals surface area contributed by atoms with Crippen molar-refractivity contribution in [2.45, 2.75) is 111 Å². The molecule has 0 aromatic rings. The van der Waals surface area contributed by atoms with E-state index in [-0.39, 0.29) is 48.8 Å². The maximum absolute atomic E-state index is 13.2. The van der Waals surface area contributed by atoms with Crippen LogP contribution in [0.5, 0.6) is 0 Å². The van der Waals surface area contributed by atoms with E-state index in [1.807, 2.05) is 6.92 Å². The van der Waals surface area contributed by atoms with Crippen LogP contribution in [0.4, 0.5) is 0 Å². The summed E-state index contributed by atoms with van der Waals surface area (Å²) in [6, 6.07) is 0. The molecule has 8 atom stereocenters. The molecule has 6 heteroatoms. The third-order valence-corrected chi connectivity index (χ3v) is 7.66. The van der Waals surface area contributed by atoms with Crippen molar-refractivity contribution in [2.24, 2.45) is 29.1 Å². The molecular formula is C29H49NO5. The Morgan fingerprint density at radius 2 is 2.03 bits per heavy atom. The van der Waals surface area contributed by atoms with Gasteiger partial charge in [-0.3, -0.25) is 9.59 Å². The van der Waals surface area contributed by atoms with Crippen LogP contribution < -0.4 is 5.32 Å². The van der Waals surface area contributed by atoms with Crippen LogP contribution in [0.3, 0.4) is 0 Å². The van der Waals surface area contributed by atoms with Gasteiger partial charge >= 0.3 is 5.97 Å². The molecule has 0 spiro atoms. The zero-order chi connectivity index (χ0) is 28.7. The summed E-state index contributed by atoms with van der Waals surface area (Å²) in [5, 5.41) is 23.8. The highest BCUT2D eigenvalue weighted by Gasteiger charge is 2.42. The Balaban J connectivity index is 2.08. The predicted molar refractivity (Wildman–Crippen MR) is 139 cm³/mol. The summed E-state index contributed by atoms with van der Waals surface area (Å²) >= 11 is 0. The fourth-order valence-corrected chi connectivity index (χ4v) is 5.22. The monoisotopic (exact) mass is 494 g/mol. The van der Waals surface area contributed by atoms with Crippen LogP contribution in [0.15, 0.2) is 23.8 Å². The van der Waals surface area contributed by atoms with Crippen molar-refractivity contribution in [2.75, 3.05) is 6.54 Å². The summed E-state index contributed by atoms with van der Waals surface area (Å²) in [6.45, 7) is 7.49. The van der Waals surface area contributed by atoms with E-state index < -0.39 is 36.5 Å². The highest BCUT2D eigenvalue weighted by atomic mass is 16.5. The number of aliphatic hydroxyl groups excluding tert-OH is 2. The van der Waals surface area contributed by atoms with Gasteiger partial charge in [0.15, 0.2) is 0 Å². The summed E-state index contributed by atoms with van der Waals surface area (Å²) in [5.74, 6) is -0.539. The minimum atomic E-state index is -2.46. The van der Waals surface area contributed by atoms with Gasteiger partial charge in [0.05, 0.1) is 24.0 Å². The number of carbonyl (C=O) groups excluding carboxylic acids is 2. The van der Waals surface area contributed by atoms with Crippen molar-refractivity contribution in [3.8, 4) is 0 Å². The molecule has 1 amide bonds. The van der Waals surface area contributed by atoms with Crippen molar-refractivity contribution in [1.29, 1.82) is 0 Å².